The second-order valence-corrected chi connectivity index (χ2v) is 5.53. The zero-order chi connectivity index (χ0) is 15.1. The monoisotopic (exact) mass is 289 g/mol. The van der Waals surface area contributed by atoms with Crippen molar-refractivity contribution in [2.24, 2.45) is 5.92 Å². The summed E-state index contributed by atoms with van der Waals surface area (Å²) in [6.07, 6.45) is 2.16. The van der Waals surface area contributed by atoms with Crippen LogP contribution in [0.3, 0.4) is 0 Å². The average Bonchev–Trinajstić information content (AvgIpc) is 2.99. The van der Waals surface area contributed by atoms with E-state index in [0.29, 0.717) is 11.8 Å². The molecule has 0 aliphatic heterocycles. The van der Waals surface area contributed by atoms with Crippen molar-refractivity contribution in [1.29, 1.82) is 0 Å². The van der Waals surface area contributed by atoms with Crippen LogP contribution in [0.1, 0.15) is 38.3 Å². The quantitative estimate of drug-likeness (QED) is 0.809. The molecule has 5 heteroatoms. The number of hydrogen-bond acceptors (Lipinski definition) is 5. The van der Waals surface area contributed by atoms with Crippen LogP contribution in [0.15, 0.2) is 35.1 Å². The van der Waals surface area contributed by atoms with Crippen molar-refractivity contribution in [3.8, 4) is 5.75 Å². The third-order valence-electron chi connectivity index (χ3n) is 3.16. The molecule has 0 saturated carbocycles. The van der Waals surface area contributed by atoms with Crippen molar-refractivity contribution < 1.29 is 9.26 Å². The highest BCUT2D eigenvalue weighted by molar-refractivity contribution is 5.28. The smallest absolute Gasteiger partial charge is 0.227 e. The fraction of sp³-hybridized carbons (Fsp3) is 0.500. The van der Waals surface area contributed by atoms with Gasteiger partial charge in [-0.1, -0.05) is 31.1 Å². The Morgan fingerprint density at radius 2 is 1.95 bits per heavy atom. The standard InChI is InChI=1S/C16H23N3O2/c1-12(2)10-20-15-6-4-14(5-7-15)13(3)17-9-8-16-18-11-19-21-16/h4-7,11-13,17H,8-10H2,1-3H3. The molecule has 0 saturated heterocycles. The van der Waals surface area contributed by atoms with Crippen molar-refractivity contribution in [3.63, 3.8) is 0 Å². The lowest BCUT2D eigenvalue weighted by Crippen LogP contribution is -2.21. The van der Waals surface area contributed by atoms with Crippen LogP contribution in [0, 0.1) is 5.92 Å². The van der Waals surface area contributed by atoms with Gasteiger partial charge in [-0.3, -0.25) is 0 Å². The molecule has 1 N–H and O–H groups in total. The summed E-state index contributed by atoms with van der Waals surface area (Å²) in [4.78, 5) is 4.00. The maximum atomic E-state index is 5.68. The first-order chi connectivity index (χ1) is 10.1. The Morgan fingerprint density at radius 3 is 2.57 bits per heavy atom. The highest BCUT2D eigenvalue weighted by atomic mass is 16.5. The Morgan fingerprint density at radius 1 is 1.19 bits per heavy atom. The van der Waals surface area contributed by atoms with Crippen LogP contribution in [-0.2, 0) is 6.42 Å². The van der Waals surface area contributed by atoms with Crippen LogP contribution in [-0.4, -0.2) is 23.3 Å². The summed E-state index contributed by atoms with van der Waals surface area (Å²) < 4.78 is 10.6. The first-order valence-electron chi connectivity index (χ1n) is 7.37. The van der Waals surface area contributed by atoms with E-state index in [4.69, 9.17) is 9.26 Å². The molecule has 2 rings (SSSR count). The van der Waals surface area contributed by atoms with Gasteiger partial charge in [-0.2, -0.15) is 4.98 Å². The molecule has 0 amide bonds. The van der Waals surface area contributed by atoms with E-state index in [1.54, 1.807) is 0 Å². The van der Waals surface area contributed by atoms with Gasteiger partial charge in [-0.25, -0.2) is 0 Å². The molecule has 0 aliphatic rings. The molecule has 5 nitrogen and oxygen atoms in total. The summed E-state index contributed by atoms with van der Waals surface area (Å²) in [6, 6.07) is 8.51. The van der Waals surface area contributed by atoms with Crippen LogP contribution < -0.4 is 10.1 Å². The second kappa shape index (κ2) is 7.78. The Labute approximate surface area is 125 Å². The molecular weight excluding hydrogens is 266 g/mol. The maximum absolute atomic E-state index is 5.68. The zero-order valence-corrected chi connectivity index (χ0v) is 12.9. The number of ether oxygens (including phenoxy) is 1. The lowest BCUT2D eigenvalue weighted by Gasteiger charge is -2.14. The Balaban J connectivity index is 1.77. The van der Waals surface area contributed by atoms with Gasteiger partial charge in [0.05, 0.1) is 6.61 Å². The van der Waals surface area contributed by atoms with Crippen molar-refractivity contribution in [1.82, 2.24) is 15.5 Å². The van der Waals surface area contributed by atoms with Crippen molar-refractivity contribution in [2.75, 3.05) is 13.2 Å². The van der Waals surface area contributed by atoms with Crippen LogP contribution in [0.5, 0.6) is 5.75 Å². The summed E-state index contributed by atoms with van der Waals surface area (Å²) in [7, 11) is 0. The van der Waals surface area contributed by atoms with E-state index in [1.807, 2.05) is 12.1 Å². The van der Waals surface area contributed by atoms with Gasteiger partial charge in [-0.05, 0) is 30.5 Å². The molecule has 1 aromatic carbocycles. The van der Waals surface area contributed by atoms with Gasteiger partial charge in [0.2, 0.25) is 5.89 Å². The fourth-order valence-corrected chi connectivity index (χ4v) is 1.94. The number of aromatic nitrogens is 2. The highest BCUT2D eigenvalue weighted by Crippen LogP contribution is 2.18. The number of nitrogens with zero attached hydrogens (tertiary/aromatic N) is 2. The molecule has 1 aromatic heterocycles. The van der Waals surface area contributed by atoms with Crippen LogP contribution in [0.4, 0.5) is 0 Å². The van der Waals surface area contributed by atoms with E-state index in [-0.39, 0.29) is 6.04 Å². The Bertz CT molecular complexity index is 509. The topological polar surface area (TPSA) is 60.2 Å². The summed E-state index contributed by atoms with van der Waals surface area (Å²) >= 11 is 0. The van der Waals surface area contributed by atoms with E-state index >= 15 is 0 Å². The predicted octanol–water partition coefficient (Wildman–Crippen LogP) is 3.00. The van der Waals surface area contributed by atoms with E-state index in [0.717, 1.165) is 25.3 Å². The van der Waals surface area contributed by atoms with Crippen molar-refractivity contribution in [3.05, 3.63) is 42.0 Å². The molecule has 0 radical (unpaired) electrons. The van der Waals surface area contributed by atoms with Gasteiger partial charge < -0.3 is 14.6 Å². The van der Waals surface area contributed by atoms with Gasteiger partial charge in [0, 0.05) is 19.0 Å². The summed E-state index contributed by atoms with van der Waals surface area (Å²) in [6.45, 7) is 7.97. The van der Waals surface area contributed by atoms with Crippen LogP contribution in [0.25, 0.3) is 0 Å². The van der Waals surface area contributed by atoms with Crippen molar-refractivity contribution in [2.45, 2.75) is 33.2 Å². The minimum absolute atomic E-state index is 0.270. The van der Waals surface area contributed by atoms with Gasteiger partial charge in [-0.15, -0.1) is 0 Å². The molecule has 0 aliphatic carbocycles. The second-order valence-electron chi connectivity index (χ2n) is 5.53. The molecule has 1 unspecified atom stereocenters. The summed E-state index contributed by atoms with van der Waals surface area (Å²) in [5.41, 5.74) is 1.23. The number of hydrogen-bond donors (Lipinski definition) is 1. The van der Waals surface area contributed by atoms with E-state index in [1.165, 1.54) is 11.9 Å². The molecule has 0 fully saturated rings. The van der Waals surface area contributed by atoms with Crippen molar-refractivity contribution >= 4 is 0 Å². The first-order valence-corrected chi connectivity index (χ1v) is 7.37. The number of benzene rings is 1. The van der Waals surface area contributed by atoms with Gasteiger partial charge >= 0.3 is 0 Å². The average molecular weight is 289 g/mol. The minimum Gasteiger partial charge on any atom is -0.493 e. The summed E-state index contributed by atoms with van der Waals surface area (Å²) in [5.74, 6) is 2.12. The van der Waals surface area contributed by atoms with Crippen LogP contribution >= 0.6 is 0 Å². The van der Waals surface area contributed by atoms with Crippen LogP contribution in [0.2, 0.25) is 0 Å². The molecule has 2 aromatic rings. The van der Waals surface area contributed by atoms with Gasteiger partial charge in [0.25, 0.3) is 0 Å². The fourth-order valence-electron chi connectivity index (χ4n) is 1.94. The maximum Gasteiger partial charge on any atom is 0.227 e. The molecular formula is C16H23N3O2. The first kappa shape index (κ1) is 15.5. The molecule has 114 valence electrons. The molecule has 1 heterocycles. The SMILES string of the molecule is CC(C)COc1ccc(C(C)NCCc2ncno2)cc1. The van der Waals surface area contributed by atoms with E-state index in [2.05, 4.69) is 48.4 Å². The Hall–Kier alpha value is -1.88. The normalized spacial score (nSPS) is 12.6. The largest absolute Gasteiger partial charge is 0.493 e. The molecule has 0 bridgehead atoms. The number of nitrogens with one attached hydrogen (secondary N) is 1. The van der Waals surface area contributed by atoms with E-state index < -0.39 is 0 Å². The third kappa shape index (κ3) is 5.19. The summed E-state index contributed by atoms with van der Waals surface area (Å²) in [5, 5.41) is 7.03. The third-order valence-corrected chi connectivity index (χ3v) is 3.16. The molecule has 1 atom stereocenters. The van der Waals surface area contributed by atoms with Gasteiger partial charge in [0.15, 0.2) is 6.33 Å². The van der Waals surface area contributed by atoms with E-state index in [9.17, 15) is 0 Å². The minimum atomic E-state index is 0.270. The lowest BCUT2D eigenvalue weighted by molar-refractivity contribution is 0.271. The zero-order valence-electron chi connectivity index (χ0n) is 12.9. The number of rotatable bonds is 8. The van der Waals surface area contributed by atoms with Gasteiger partial charge in [0.1, 0.15) is 5.75 Å². The molecule has 21 heavy (non-hydrogen) atoms. The predicted molar refractivity (Wildman–Crippen MR) is 81.2 cm³/mol. The Kier molecular flexibility index (Phi) is 5.75. The lowest BCUT2D eigenvalue weighted by atomic mass is 10.1. The molecule has 0 spiro atoms. The highest BCUT2D eigenvalue weighted by Gasteiger charge is 2.06.